The zero-order valence-electron chi connectivity index (χ0n) is 16.0. The molecule has 140 valence electrons. The lowest BCUT2D eigenvalue weighted by molar-refractivity contribution is 0.0628. The normalized spacial score (nSPS) is 15.1. The molecule has 27 heavy (non-hydrogen) atoms. The van der Waals surface area contributed by atoms with Crippen molar-refractivity contribution in [1.29, 1.82) is 0 Å². The molecule has 2 aromatic rings. The summed E-state index contributed by atoms with van der Waals surface area (Å²) >= 11 is 0. The van der Waals surface area contributed by atoms with Crippen molar-refractivity contribution in [3.63, 3.8) is 0 Å². The van der Waals surface area contributed by atoms with E-state index in [0.717, 1.165) is 38.3 Å². The lowest BCUT2D eigenvalue weighted by atomic mass is 10.1. The highest BCUT2D eigenvalue weighted by Gasteiger charge is 2.22. The number of hydrogen-bond donors (Lipinski definition) is 1. The van der Waals surface area contributed by atoms with Crippen molar-refractivity contribution >= 4 is 5.91 Å². The molecule has 0 atom stereocenters. The molecule has 0 radical (unpaired) electrons. The first kappa shape index (κ1) is 19.2. The number of benzene rings is 2. The Balaban J connectivity index is 1.55. The van der Waals surface area contributed by atoms with Gasteiger partial charge in [0.15, 0.2) is 0 Å². The van der Waals surface area contributed by atoms with Crippen molar-refractivity contribution in [2.24, 2.45) is 0 Å². The van der Waals surface area contributed by atoms with Gasteiger partial charge in [0.25, 0.3) is 5.91 Å². The van der Waals surface area contributed by atoms with Gasteiger partial charge in [0.1, 0.15) is 5.60 Å². The van der Waals surface area contributed by atoms with Crippen LogP contribution in [0.15, 0.2) is 54.6 Å². The summed E-state index contributed by atoms with van der Waals surface area (Å²) in [5, 5.41) is 9.67. The van der Waals surface area contributed by atoms with Crippen molar-refractivity contribution in [2.75, 3.05) is 26.2 Å². The Morgan fingerprint density at radius 3 is 2.22 bits per heavy atom. The number of carbonyl (C=O) groups excluding carboxylic acids is 1. The van der Waals surface area contributed by atoms with Gasteiger partial charge in [0.2, 0.25) is 0 Å². The predicted molar refractivity (Wildman–Crippen MR) is 107 cm³/mol. The zero-order chi connectivity index (χ0) is 19.3. The molecule has 1 amide bonds. The minimum absolute atomic E-state index is 0.0661. The van der Waals surface area contributed by atoms with Crippen molar-refractivity contribution in [1.82, 2.24) is 9.80 Å². The molecule has 0 aromatic heterocycles. The second kappa shape index (κ2) is 8.39. The predicted octanol–water partition coefficient (Wildman–Crippen LogP) is 2.77. The Morgan fingerprint density at radius 1 is 1.00 bits per heavy atom. The Bertz CT molecular complexity index is 819. The highest BCUT2D eigenvalue weighted by Crippen LogP contribution is 2.12. The van der Waals surface area contributed by atoms with Gasteiger partial charge in [0, 0.05) is 43.9 Å². The molecule has 4 heteroatoms. The van der Waals surface area contributed by atoms with Crippen LogP contribution in [0, 0.1) is 11.8 Å². The largest absolute Gasteiger partial charge is 0.378 e. The van der Waals surface area contributed by atoms with E-state index >= 15 is 0 Å². The molecular weight excluding hydrogens is 336 g/mol. The number of piperazine rings is 1. The van der Waals surface area contributed by atoms with Crippen LogP contribution in [0.2, 0.25) is 0 Å². The summed E-state index contributed by atoms with van der Waals surface area (Å²) in [7, 11) is 0. The minimum Gasteiger partial charge on any atom is -0.378 e. The number of carbonyl (C=O) groups is 1. The second-order valence-electron chi connectivity index (χ2n) is 7.44. The van der Waals surface area contributed by atoms with E-state index in [-0.39, 0.29) is 5.91 Å². The molecule has 1 aliphatic rings. The van der Waals surface area contributed by atoms with Crippen LogP contribution >= 0.6 is 0 Å². The maximum atomic E-state index is 12.7. The first-order valence-electron chi connectivity index (χ1n) is 9.32. The summed E-state index contributed by atoms with van der Waals surface area (Å²) in [5.41, 5.74) is 1.76. The van der Waals surface area contributed by atoms with E-state index in [2.05, 4.69) is 41.0 Å². The van der Waals surface area contributed by atoms with E-state index in [1.54, 1.807) is 13.8 Å². The Morgan fingerprint density at radius 2 is 1.63 bits per heavy atom. The van der Waals surface area contributed by atoms with Crippen LogP contribution in [0.1, 0.15) is 35.3 Å². The smallest absolute Gasteiger partial charge is 0.253 e. The van der Waals surface area contributed by atoms with E-state index in [1.807, 2.05) is 35.2 Å². The molecule has 2 aromatic carbocycles. The monoisotopic (exact) mass is 362 g/mol. The average molecular weight is 362 g/mol. The Labute approximate surface area is 161 Å². The summed E-state index contributed by atoms with van der Waals surface area (Å²) in [6.45, 7) is 7.48. The molecule has 4 nitrogen and oxygen atoms in total. The quantitative estimate of drug-likeness (QED) is 0.854. The number of nitrogens with zero attached hydrogens (tertiary/aromatic N) is 2. The van der Waals surface area contributed by atoms with Gasteiger partial charge in [-0.3, -0.25) is 9.69 Å². The highest BCUT2D eigenvalue weighted by molar-refractivity contribution is 5.94. The molecule has 0 saturated carbocycles. The number of aliphatic hydroxyl groups is 1. The summed E-state index contributed by atoms with van der Waals surface area (Å²) in [6.07, 6.45) is 0. The molecule has 1 saturated heterocycles. The molecule has 0 unspecified atom stereocenters. The van der Waals surface area contributed by atoms with Crippen LogP contribution in [0.5, 0.6) is 0 Å². The van der Waals surface area contributed by atoms with Gasteiger partial charge in [0.05, 0.1) is 0 Å². The molecule has 1 heterocycles. The third-order valence-corrected chi connectivity index (χ3v) is 4.55. The van der Waals surface area contributed by atoms with Gasteiger partial charge in [-0.1, -0.05) is 42.2 Å². The minimum atomic E-state index is -1.02. The van der Waals surface area contributed by atoms with Crippen molar-refractivity contribution in [2.45, 2.75) is 26.0 Å². The average Bonchev–Trinajstić information content (AvgIpc) is 2.67. The van der Waals surface area contributed by atoms with Crippen molar-refractivity contribution in [3.05, 3.63) is 71.3 Å². The van der Waals surface area contributed by atoms with E-state index in [0.29, 0.717) is 5.56 Å². The lowest BCUT2D eigenvalue weighted by Crippen LogP contribution is -2.48. The van der Waals surface area contributed by atoms with Crippen LogP contribution in [-0.4, -0.2) is 52.6 Å². The molecule has 1 fully saturated rings. The Hall–Kier alpha value is -2.61. The lowest BCUT2D eigenvalue weighted by Gasteiger charge is -2.34. The molecule has 0 spiro atoms. The molecule has 1 aliphatic heterocycles. The van der Waals surface area contributed by atoms with Crippen LogP contribution < -0.4 is 0 Å². The van der Waals surface area contributed by atoms with Crippen molar-refractivity contribution in [3.8, 4) is 11.8 Å². The van der Waals surface area contributed by atoms with Crippen molar-refractivity contribution < 1.29 is 9.90 Å². The van der Waals surface area contributed by atoms with Gasteiger partial charge in [-0.15, -0.1) is 0 Å². The summed E-state index contributed by atoms with van der Waals surface area (Å²) < 4.78 is 0. The number of hydrogen-bond acceptors (Lipinski definition) is 3. The molecular formula is C23H26N2O2. The SMILES string of the molecule is CC(C)(O)C#Cc1ccc(C(=O)N2CCN(Cc3ccccc3)CC2)cc1. The maximum Gasteiger partial charge on any atom is 0.253 e. The topological polar surface area (TPSA) is 43.8 Å². The fourth-order valence-electron chi connectivity index (χ4n) is 3.05. The van der Waals surface area contributed by atoms with Gasteiger partial charge >= 0.3 is 0 Å². The van der Waals surface area contributed by atoms with Gasteiger partial charge in [-0.2, -0.15) is 0 Å². The third-order valence-electron chi connectivity index (χ3n) is 4.55. The number of rotatable bonds is 3. The van der Waals surface area contributed by atoms with E-state index in [4.69, 9.17) is 0 Å². The van der Waals surface area contributed by atoms with Crippen LogP contribution in [0.3, 0.4) is 0 Å². The third kappa shape index (κ3) is 5.68. The van der Waals surface area contributed by atoms with Crippen LogP contribution in [0.4, 0.5) is 0 Å². The Kier molecular flexibility index (Phi) is 5.95. The first-order valence-corrected chi connectivity index (χ1v) is 9.32. The van der Waals surface area contributed by atoms with E-state index < -0.39 is 5.60 Å². The molecule has 0 aliphatic carbocycles. The first-order chi connectivity index (χ1) is 12.9. The van der Waals surface area contributed by atoms with Crippen LogP contribution in [-0.2, 0) is 6.54 Å². The summed E-state index contributed by atoms with van der Waals surface area (Å²) in [6, 6.07) is 17.7. The number of amides is 1. The summed E-state index contributed by atoms with van der Waals surface area (Å²) in [5.74, 6) is 5.77. The second-order valence-corrected chi connectivity index (χ2v) is 7.44. The fraction of sp³-hybridized carbons (Fsp3) is 0.348. The molecule has 3 rings (SSSR count). The maximum absolute atomic E-state index is 12.7. The summed E-state index contributed by atoms with van der Waals surface area (Å²) in [4.78, 5) is 17.0. The highest BCUT2D eigenvalue weighted by atomic mass is 16.3. The molecule has 0 bridgehead atoms. The van der Waals surface area contributed by atoms with E-state index in [1.165, 1.54) is 5.56 Å². The van der Waals surface area contributed by atoms with Crippen LogP contribution in [0.25, 0.3) is 0 Å². The van der Waals surface area contributed by atoms with Gasteiger partial charge in [-0.05, 0) is 43.7 Å². The zero-order valence-corrected chi connectivity index (χ0v) is 16.0. The van der Waals surface area contributed by atoms with Gasteiger partial charge in [-0.25, -0.2) is 0 Å². The fourth-order valence-corrected chi connectivity index (χ4v) is 3.05. The van der Waals surface area contributed by atoms with Gasteiger partial charge < -0.3 is 10.0 Å². The standard InChI is InChI=1S/C23H26N2O2/c1-23(2,27)13-12-19-8-10-21(11-9-19)22(26)25-16-14-24(15-17-25)18-20-6-4-3-5-7-20/h3-11,27H,14-18H2,1-2H3. The van der Waals surface area contributed by atoms with E-state index in [9.17, 15) is 9.90 Å². The molecule has 1 N–H and O–H groups in total.